The van der Waals surface area contributed by atoms with Crippen LogP contribution in [0.2, 0.25) is 0 Å². The number of anilines is 1. The van der Waals surface area contributed by atoms with Crippen molar-refractivity contribution in [3.63, 3.8) is 0 Å². The third-order valence-electron chi connectivity index (χ3n) is 5.74. The highest BCUT2D eigenvalue weighted by atomic mass is 32.2. The van der Waals surface area contributed by atoms with Crippen LogP contribution in [0.1, 0.15) is 16.1 Å². The molecule has 0 unspecified atom stereocenters. The fraction of sp³-hybridized carbons (Fsp3) is 0.250. The van der Waals surface area contributed by atoms with Gasteiger partial charge < -0.3 is 4.90 Å². The average molecular weight is 446 g/mol. The quantitative estimate of drug-likeness (QED) is 0.615. The molecule has 162 valence electrons. The van der Waals surface area contributed by atoms with Crippen LogP contribution in [0.4, 0.5) is 5.69 Å². The van der Waals surface area contributed by atoms with Gasteiger partial charge in [-0.1, -0.05) is 30.0 Å². The van der Waals surface area contributed by atoms with Crippen LogP contribution in [-0.4, -0.2) is 64.3 Å². The minimum atomic E-state index is -0.165. The number of benzene rings is 1. The fourth-order valence-corrected chi connectivity index (χ4v) is 5.04. The zero-order chi connectivity index (χ0) is 21.9. The lowest BCUT2D eigenvalue weighted by molar-refractivity contribution is -0.131. The molecule has 2 aliphatic heterocycles. The number of amides is 2. The van der Waals surface area contributed by atoms with Crippen molar-refractivity contribution < 1.29 is 9.59 Å². The molecule has 2 aromatic heterocycles. The Balaban J connectivity index is 1.29. The van der Waals surface area contributed by atoms with Crippen LogP contribution in [0, 0.1) is 0 Å². The molecule has 2 amide bonds. The van der Waals surface area contributed by atoms with Crippen molar-refractivity contribution in [2.24, 2.45) is 0 Å². The highest BCUT2D eigenvalue weighted by Gasteiger charge is 2.31. The SMILES string of the molecule is O=C(CN1C(=O)c2ccccc2Sc2ncccc21)N1CCN(Cc2ccccn2)CC1. The molecule has 2 aliphatic rings. The van der Waals surface area contributed by atoms with Gasteiger partial charge in [-0.2, -0.15) is 0 Å². The summed E-state index contributed by atoms with van der Waals surface area (Å²) < 4.78 is 0. The Morgan fingerprint density at radius 2 is 1.69 bits per heavy atom. The predicted molar refractivity (Wildman–Crippen MR) is 123 cm³/mol. The molecule has 1 fully saturated rings. The van der Waals surface area contributed by atoms with Crippen molar-refractivity contribution in [2.45, 2.75) is 16.5 Å². The van der Waals surface area contributed by atoms with E-state index in [1.165, 1.54) is 11.8 Å². The Bertz CT molecular complexity index is 1130. The molecule has 0 spiro atoms. The Morgan fingerprint density at radius 3 is 2.50 bits per heavy atom. The van der Waals surface area contributed by atoms with Crippen LogP contribution in [0.15, 0.2) is 76.9 Å². The summed E-state index contributed by atoms with van der Waals surface area (Å²) in [4.78, 5) is 42.0. The zero-order valence-corrected chi connectivity index (χ0v) is 18.4. The van der Waals surface area contributed by atoms with Crippen molar-refractivity contribution in [2.75, 3.05) is 37.6 Å². The molecule has 8 heteroatoms. The summed E-state index contributed by atoms with van der Waals surface area (Å²) in [5.41, 5.74) is 2.31. The largest absolute Gasteiger partial charge is 0.339 e. The van der Waals surface area contributed by atoms with E-state index < -0.39 is 0 Å². The summed E-state index contributed by atoms with van der Waals surface area (Å²) in [5.74, 6) is -0.211. The highest BCUT2D eigenvalue weighted by Crippen LogP contribution is 2.39. The van der Waals surface area contributed by atoms with Gasteiger partial charge in [0.25, 0.3) is 5.91 Å². The van der Waals surface area contributed by atoms with Gasteiger partial charge in [0.1, 0.15) is 11.6 Å². The van der Waals surface area contributed by atoms with Crippen molar-refractivity contribution >= 4 is 29.3 Å². The molecule has 7 nitrogen and oxygen atoms in total. The Hall–Kier alpha value is -3.23. The number of nitrogens with zero attached hydrogens (tertiary/aromatic N) is 5. The lowest BCUT2D eigenvalue weighted by Crippen LogP contribution is -2.51. The number of pyridine rings is 2. The molecule has 4 heterocycles. The van der Waals surface area contributed by atoms with Gasteiger partial charge in [0.15, 0.2) is 0 Å². The van der Waals surface area contributed by atoms with Gasteiger partial charge in [0.2, 0.25) is 5.91 Å². The molecule has 0 radical (unpaired) electrons. The fourth-order valence-electron chi connectivity index (χ4n) is 4.03. The second kappa shape index (κ2) is 9.10. The molecule has 0 saturated carbocycles. The van der Waals surface area contributed by atoms with Crippen LogP contribution >= 0.6 is 11.8 Å². The van der Waals surface area contributed by atoms with E-state index in [1.54, 1.807) is 23.4 Å². The number of carbonyl (C=O) groups excluding carboxylic acids is 2. The van der Waals surface area contributed by atoms with Gasteiger partial charge in [-0.25, -0.2) is 4.98 Å². The number of hydrogen-bond donors (Lipinski definition) is 0. The molecule has 5 rings (SSSR count). The van der Waals surface area contributed by atoms with Crippen LogP contribution in [0.5, 0.6) is 0 Å². The van der Waals surface area contributed by atoms with E-state index in [2.05, 4.69) is 14.9 Å². The maximum Gasteiger partial charge on any atom is 0.259 e. The molecule has 0 atom stereocenters. The second-order valence-electron chi connectivity index (χ2n) is 7.80. The molecule has 1 aromatic carbocycles. The highest BCUT2D eigenvalue weighted by molar-refractivity contribution is 7.99. The number of piperazine rings is 1. The summed E-state index contributed by atoms with van der Waals surface area (Å²) in [6.07, 6.45) is 3.52. The Morgan fingerprint density at radius 1 is 0.906 bits per heavy atom. The normalized spacial score (nSPS) is 16.3. The first-order valence-corrected chi connectivity index (χ1v) is 11.4. The number of carbonyl (C=O) groups is 2. The molecule has 32 heavy (non-hydrogen) atoms. The van der Waals surface area contributed by atoms with Crippen molar-refractivity contribution in [1.82, 2.24) is 19.8 Å². The molecular formula is C24H23N5O2S. The van der Waals surface area contributed by atoms with Crippen molar-refractivity contribution in [1.29, 1.82) is 0 Å². The van der Waals surface area contributed by atoms with E-state index in [-0.39, 0.29) is 18.4 Å². The van der Waals surface area contributed by atoms with Crippen LogP contribution in [0.25, 0.3) is 0 Å². The molecule has 0 aliphatic carbocycles. The molecule has 0 N–H and O–H groups in total. The number of aromatic nitrogens is 2. The lowest BCUT2D eigenvalue weighted by atomic mass is 10.2. The van der Waals surface area contributed by atoms with E-state index >= 15 is 0 Å². The van der Waals surface area contributed by atoms with E-state index in [0.717, 1.165) is 35.2 Å². The van der Waals surface area contributed by atoms with Gasteiger partial charge in [-0.3, -0.25) is 24.4 Å². The maximum absolute atomic E-state index is 13.4. The molecule has 3 aromatic rings. The van der Waals surface area contributed by atoms with Gasteiger partial charge in [-0.05, 0) is 36.4 Å². The number of hydrogen-bond acceptors (Lipinski definition) is 6. The molecular weight excluding hydrogens is 422 g/mol. The number of rotatable bonds is 4. The predicted octanol–water partition coefficient (Wildman–Crippen LogP) is 2.93. The van der Waals surface area contributed by atoms with Gasteiger partial charge in [-0.15, -0.1) is 0 Å². The van der Waals surface area contributed by atoms with E-state index in [0.29, 0.717) is 24.3 Å². The van der Waals surface area contributed by atoms with Crippen LogP contribution < -0.4 is 4.90 Å². The molecule has 1 saturated heterocycles. The first-order valence-electron chi connectivity index (χ1n) is 10.6. The standard InChI is InChI=1S/C24H23N5O2S/c30-22(28-14-12-27(13-15-28)16-18-6-3-4-10-25-18)17-29-20-8-5-11-26-23(20)32-21-9-2-1-7-19(21)24(29)31/h1-11H,12-17H2. The summed E-state index contributed by atoms with van der Waals surface area (Å²) in [6, 6.07) is 17.1. The van der Waals surface area contributed by atoms with Gasteiger partial charge in [0, 0.05) is 50.0 Å². The smallest absolute Gasteiger partial charge is 0.259 e. The maximum atomic E-state index is 13.4. The molecule has 0 bridgehead atoms. The van der Waals surface area contributed by atoms with Crippen molar-refractivity contribution in [3.8, 4) is 0 Å². The minimum absolute atomic E-state index is 0.00661. The first kappa shape index (κ1) is 20.7. The van der Waals surface area contributed by atoms with Crippen LogP contribution in [0.3, 0.4) is 0 Å². The van der Waals surface area contributed by atoms with Gasteiger partial charge >= 0.3 is 0 Å². The zero-order valence-electron chi connectivity index (χ0n) is 17.6. The van der Waals surface area contributed by atoms with E-state index in [1.807, 2.05) is 53.4 Å². The van der Waals surface area contributed by atoms with Gasteiger partial charge in [0.05, 0.1) is 16.9 Å². The Kier molecular flexibility index (Phi) is 5.87. The lowest BCUT2D eigenvalue weighted by Gasteiger charge is -2.35. The van der Waals surface area contributed by atoms with E-state index in [9.17, 15) is 9.59 Å². The minimum Gasteiger partial charge on any atom is -0.339 e. The van der Waals surface area contributed by atoms with E-state index in [4.69, 9.17) is 0 Å². The Labute approximate surface area is 191 Å². The summed E-state index contributed by atoms with van der Waals surface area (Å²) in [7, 11) is 0. The average Bonchev–Trinajstić information content (AvgIpc) is 2.95. The number of fused-ring (bicyclic) bond motifs is 2. The topological polar surface area (TPSA) is 69.6 Å². The second-order valence-corrected chi connectivity index (χ2v) is 8.83. The third-order valence-corrected chi connectivity index (χ3v) is 6.83. The summed E-state index contributed by atoms with van der Waals surface area (Å²) in [5, 5.41) is 0.735. The van der Waals surface area contributed by atoms with Crippen LogP contribution in [-0.2, 0) is 11.3 Å². The first-order chi connectivity index (χ1) is 15.7. The summed E-state index contributed by atoms with van der Waals surface area (Å²) in [6.45, 7) is 3.63. The van der Waals surface area contributed by atoms with Crippen molar-refractivity contribution in [3.05, 3.63) is 78.2 Å². The monoisotopic (exact) mass is 445 g/mol. The third kappa shape index (κ3) is 4.24. The summed E-state index contributed by atoms with van der Waals surface area (Å²) >= 11 is 1.46.